The first-order valence-corrected chi connectivity index (χ1v) is 8.09. The topological polar surface area (TPSA) is 36.0 Å². The fourth-order valence-electron chi connectivity index (χ4n) is 3.91. The van der Waals surface area contributed by atoms with Crippen molar-refractivity contribution in [1.29, 1.82) is 0 Å². The van der Waals surface area contributed by atoms with Gasteiger partial charge in [-0.3, -0.25) is 14.6 Å². The molecule has 0 spiro atoms. The van der Waals surface area contributed by atoms with Crippen LogP contribution in [0.15, 0.2) is 0 Å². The molecule has 0 aliphatic carbocycles. The summed E-state index contributed by atoms with van der Waals surface area (Å²) in [5, 5.41) is 0. The molecule has 2 fully saturated rings. The molecule has 122 valence electrons. The summed E-state index contributed by atoms with van der Waals surface area (Å²) in [5.74, 6) is 0.804. The van der Waals surface area contributed by atoms with Crippen LogP contribution in [0.25, 0.3) is 0 Å². The molecule has 0 radical (unpaired) electrons. The van der Waals surface area contributed by atoms with E-state index in [1.165, 1.54) is 0 Å². The predicted octanol–water partition coefficient (Wildman–Crippen LogP) is 0.896. The Morgan fingerprint density at radius 1 is 1.29 bits per heavy atom. The summed E-state index contributed by atoms with van der Waals surface area (Å²) in [6.45, 7) is 15.4. The highest BCUT2D eigenvalue weighted by atomic mass is 16.5. The second-order valence-electron chi connectivity index (χ2n) is 7.52. The number of amides is 1. The van der Waals surface area contributed by atoms with Gasteiger partial charge in [0.1, 0.15) is 6.61 Å². The quantitative estimate of drug-likeness (QED) is 0.772. The average Bonchev–Trinajstić information content (AvgIpc) is 2.36. The highest BCUT2D eigenvalue weighted by molar-refractivity contribution is 5.77. The van der Waals surface area contributed by atoms with E-state index in [9.17, 15) is 4.79 Å². The van der Waals surface area contributed by atoms with E-state index >= 15 is 0 Å². The fourth-order valence-corrected chi connectivity index (χ4v) is 3.91. The van der Waals surface area contributed by atoms with E-state index in [1.54, 1.807) is 7.11 Å². The maximum atomic E-state index is 12.1. The van der Waals surface area contributed by atoms with Crippen molar-refractivity contribution < 1.29 is 9.53 Å². The summed E-state index contributed by atoms with van der Waals surface area (Å²) >= 11 is 0. The second-order valence-corrected chi connectivity index (χ2v) is 7.52. The highest BCUT2D eigenvalue weighted by Crippen LogP contribution is 2.28. The van der Waals surface area contributed by atoms with Gasteiger partial charge in [-0.2, -0.15) is 0 Å². The van der Waals surface area contributed by atoms with E-state index in [1.807, 2.05) is 4.90 Å². The van der Waals surface area contributed by atoms with E-state index in [4.69, 9.17) is 4.74 Å². The zero-order valence-electron chi connectivity index (χ0n) is 14.3. The van der Waals surface area contributed by atoms with Crippen molar-refractivity contribution in [3.05, 3.63) is 0 Å². The smallest absolute Gasteiger partial charge is 0.248 e. The summed E-state index contributed by atoms with van der Waals surface area (Å²) in [4.78, 5) is 19.2. The van der Waals surface area contributed by atoms with Gasteiger partial charge < -0.3 is 9.64 Å². The molecule has 2 rings (SSSR count). The molecule has 0 aromatic rings. The molecule has 2 heterocycles. The van der Waals surface area contributed by atoms with Crippen LogP contribution in [0.3, 0.4) is 0 Å². The zero-order valence-corrected chi connectivity index (χ0v) is 14.3. The number of carbonyl (C=O) groups excluding carboxylic acids is 1. The Bertz CT molecular complexity index is 371. The van der Waals surface area contributed by atoms with Gasteiger partial charge in [0, 0.05) is 58.0 Å². The van der Waals surface area contributed by atoms with Crippen LogP contribution in [0.1, 0.15) is 27.7 Å². The predicted molar refractivity (Wildman–Crippen MR) is 84.3 cm³/mol. The van der Waals surface area contributed by atoms with E-state index < -0.39 is 0 Å². The number of nitrogens with zero attached hydrogens (tertiary/aromatic N) is 3. The number of hydrogen-bond acceptors (Lipinski definition) is 4. The van der Waals surface area contributed by atoms with Crippen LogP contribution < -0.4 is 0 Å². The standard InChI is InChI=1S/C16H31N3O2/c1-13(2)8-17-9-14-10-18(15(20)11-21-5)6-7-19(14)16(3,4)12-17/h13-14H,6-12H2,1-5H3/t14-/m1/s1. The average molecular weight is 297 g/mol. The monoisotopic (exact) mass is 297 g/mol. The molecule has 5 nitrogen and oxygen atoms in total. The van der Waals surface area contributed by atoms with Gasteiger partial charge in [-0.05, 0) is 19.8 Å². The fraction of sp³-hybridized carbons (Fsp3) is 0.938. The molecule has 0 saturated carbocycles. The number of ether oxygens (including phenoxy) is 1. The van der Waals surface area contributed by atoms with Crippen LogP contribution in [0, 0.1) is 5.92 Å². The van der Waals surface area contributed by atoms with Crippen LogP contribution in [-0.2, 0) is 9.53 Å². The van der Waals surface area contributed by atoms with Crippen molar-refractivity contribution >= 4 is 5.91 Å². The largest absolute Gasteiger partial charge is 0.375 e. The van der Waals surface area contributed by atoms with Gasteiger partial charge in [0.25, 0.3) is 0 Å². The van der Waals surface area contributed by atoms with Gasteiger partial charge in [-0.25, -0.2) is 0 Å². The second kappa shape index (κ2) is 6.63. The molecule has 0 N–H and O–H groups in total. The van der Waals surface area contributed by atoms with Crippen molar-refractivity contribution in [3.8, 4) is 0 Å². The zero-order chi connectivity index (χ0) is 15.6. The Balaban J connectivity index is 2.03. The first kappa shape index (κ1) is 16.7. The maximum Gasteiger partial charge on any atom is 0.248 e. The Kier molecular flexibility index (Phi) is 5.28. The molecule has 0 aromatic carbocycles. The van der Waals surface area contributed by atoms with Crippen LogP contribution in [0.2, 0.25) is 0 Å². The Labute approximate surface area is 129 Å². The van der Waals surface area contributed by atoms with Gasteiger partial charge in [0.2, 0.25) is 5.91 Å². The van der Waals surface area contributed by atoms with Crippen LogP contribution in [0.5, 0.6) is 0 Å². The van der Waals surface area contributed by atoms with Gasteiger partial charge in [0.15, 0.2) is 0 Å². The third kappa shape index (κ3) is 3.96. The number of methoxy groups -OCH3 is 1. The summed E-state index contributed by atoms with van der Waals surface area (Å²) in [6, 6.07) is 0.446. The highest BCUT2D eigenvalue weighted by Gasteiger charge is 2.43. The van der Waals surface area contributed by atoms with E-state index in [-0.39, 0.29) is 18.1 Å². The summed E-state index contributed by atoms with van der Waals surface area (Å²) in [6.07, 6.45) is 0. The third-order valence-corrected chi connectivity index (χ3v) is 4.58. The Morgan fingerprint density at radius 3 is 2.62 bits per heavy atom. The summed E-state index contributed by atoms with van der Waals surface area (Å²) in [7, 11) is 1.59. The number of piperazine rings is 2. The lowest BCUT2D eigenvalue weighted by molar-refractivity contribution is -0.142. The lowest BCUT2D eigenvalue weighted by atomic mass is 9.92. The van der Waals surface area contributed by atoms with E-state index in [0.29, 0.717) is 12.0 Å². The summed E-state index contributed by atoms with van der Waals surface area (Å²) < 4.78 is 4.99. The molecular formula is C16H31N3O2. The normalized spacial score (nSPS) is 27.0. The number of carbonyl (C=O) groups is 1. The maximum absolute atomic E-state index is 12.1. The molecule has 1 atom stereocenters. The number of fused-ring (bicyclic) bond motifs is 1. The lowest BCUT2D eigenvalue weighted by Crippen LogP contribution is -2.70. The van der Waals surface area contributed by atoms with Crippen LogP contribution in [0.4, 0.5) is 0 Å². The van der Waals surface area contributed by atoms with Crippen LogP contribution in [-0.4, -0.2) is 85.2 Å². The van der Waals surface area contributed by atoms with E-state index in [2.05, 4.69) is 37.5 Å². The molecule has 5 heteroatoms. The van der Waals surface area contributed by atoms with Gasteiger partial charge in [0.05, 0.1) is 0 Å². The first-order valence-electron chi connectivity index (χ1n) is 8.09. The van der Waals surface area contributed by atoms with Crippen LogP contribution >= 0.6 is 0 Å². The van der Waals surface area contributed by atoms with Gasteiger partial charge in [-0.1, -0.05) is 13.8 Å². The lowest BCUT2D eigenvalue weighted by Gasteiger charge is -2.55. The molecular weight excluding hydrogens is 266 g/mol. The van der Waals surface area contributed by atoms with Crippen molar-refractivity contribution in [2.24, 2.45) is 5.92 Å². The minimum Gasteiger partial charge on any atom is -0.375 e. The molecule has 2 aliphatic rings. The first-order chi connectivity index (χ1) is 9.83. The van der Waals surface area contributed by atoms with Crippen molar-refractivity contribution in [2.75, 3.05) is 53.0 Å². The minimum atomic E-state index is 0.121. The van der Waals surface area contributed by atoms with Gasteiger partial charge in [-0.15, -0.1) is 0 Å². The SMILES string of the molecule is COCC(=O)N1CCN2[C@H](CN(CC(C)C)CC2(C)C)C1. The third-order valence-electron chi connectivity index (χ3n) is 4.58. The van der Waals surface area contributed by atoms with Crippen molar-refractivity contribution in [2.45, 2.75) is 39.3 Å². The molecule has 21 heavy (non-hydrogen) atoms. The Hall–Kier alpha value is -0.650. The molecule has 0 aromatic heterocycles. The van der Waals surface area contributed by atoms with E-state index in [0.717, 1.165) is 39.3 Å². The summed E-state index contributed by atoms with van der Waals surface area (Å²) in [5.41, 5.74) is 0.189. The minimum absolute atomic E-state index is 0.121. The Morgan fingerprint density at radius 2 is 2.00 bits per heavy atom. The van der Waals surface area contributed by atoms with Crippen molar-refractivity contribution in [3.63, 3.8) is 0 Å². The molecule has 1 amide bonds. The van der Waals surface area contributed by atoms with Gasteiger partial charge >= 0.3 is 0 Å². The number of hydrogen-bond donors (Lipinski definition) is 0. The molecule has 2 aliphatic heterocycles. The van der Waals surface area contributed by atoms with Crippen molar-refractivity contribution in [1.82, 2.24) is 14.7 Å². The molecule has 0 bridgehead atoms. The molecule has 2 saturated heterocycles. The number of rotatable bonds is 4. The molecule has 0 unspecified atom stereocenters.